The lowest BCUT2D eigenvalue weighted by atomic mass is 10.3. The minimum Gasteiger partial charge on any atom is -0.296 e. The third-order valence-electron chi connectivity index (χ3n) is 1.72. The van der Waals surface area contributed by atoms with E-state index in [2.05, 4.69) is 4.98 Å². The summed E-state index contributed by atoms with van der Waals surface area (Å²) in [6.07, 6.45) is -1.71. The van der Waals surface area contributed by atoms with Crippen LogP contribution in [0.2, 0.25) is 0 Å². The second-order valence-electron chi connectivity index (χ2n) is 2.56. The van der Waals surface area contributed by atoms with Crippen LogP contribution in [0.5, 0.6) is 0 Å². The highest BCUT2D eigenvalue weighted by Gasteiger charge is 2.32. The van der Waals surface area contributed by atoms with Gasteiger partial charge in [0.25, 0.3) is 0 Å². The molecule has 0 saturated carbocycles. The Morgan fingerprint density at radius 1 is 1.23 bits per heavy atom. The fourth-order valence-corrected chi connectivity index (χ4v) is 1.18. The topological polar surface area (TPSA) is 17.3 Å². The number of rotatable bonds is 0. The summed E-state index contributed by atoms with van der Waals surface area (Å²) in [6, 6.07) is 3.88. The number of fused-ring (bicyclic) bond motifs is 1. The Labute approximate surface area is 71.6 Å². The molecule has 0 N–H and O–H groups in total. The molecule has 0 unspecified atom stereocenters. The van der Waals surface area contributed by atoms with Gasteiger partial charge in [0.1, 0.15) is 11.3 Å². The lowest BCUT2D eigenvalue weighted by Gasteiger charge is -2.08. The van der Waals surface area contributed by atoms with Gasteiger partial charge in [-0.05, 0) is 12.1 Å². The molecule has 0 atom stereocenters. The van der Waals surface area contributed by atoms with Crippen LogP contribution in [-0.4, -0.2) is 9.38 Å². The van der Waals surface area contributed by atoms with Gasteiger partial charge in [0.2, 0.25) is 0 Å². The molecule has 0 saturated heterocycles. The summed E-state index contributed by atoms with van der Waals surface area (Å²) >= 11 is 0. The van der Waals surface area contributed by atoms with E-state index >= 15 is 0 Å². The van der Waals surface area contributed by atoms with Crippen molar-refractivity contribution in [3.63, 3.8) is 0 Å². The molecule has 2 heterocycles. The highest BCUT2D eigenvalue weighted by atomic mass is 19.4. The van der Waals surface area contributed by atoms with Crippen molar-refractivity contribution in [2.75, 3.05) is 0 Å². The largest absolute Gasteiger partial charge is 0.431 e. The van der Waals surface area contributed by atoms with Gasteiger partial charge in [-0.15, -0.1) is 0 Å². The number of aromatic nitrogens is 2. The predicted octanol–water partition coefficient (Wildman–Crippen LogP) is 2.35. The molecular formula is C8H5F3N2. The number of halogens is 3. The molecule has 0 spiro atoms. The lowest BCUT2D eigenvalue weighted by Crippen LogP contribution is -2.10. The van der Waals surface area contributed by atoms with Crippen LogP contribution in [0, 0.1) is 0 Å². The monoisotopic (exact) mass is 186 g/mol. The van der Waals surface area contributed by atoms with Crippen molar-refractivity contribution < 1.29 is 13.2 Å². The molecule has 0 aromatic carbocycles. The summed E-state index contributed by atoms with van der Waals surface area (Å²) in [4.78, 5) is 3.76. The van der Waals surface area contributed by atoms with Crippen LogP contribution in [0.1, 0.15) is 5.69 Å². The van der Waals surface area contributed by atoms with Gasteiger partial charge in [0, 0.05) is 12.4 Å². The molecule has 68 valence electrons. The summed E-state index contributed by atoms with van der Waals surface area (Å²) in [6.45, 7) is 0. The second kappa shape index (κ2) is 2.48. The molecule has 5 heteroatoms. The first-order valence-electron chi connectivity index (χ1n) is 3.58. The van der Waals surface area contributed by atoms with Gasteiger partial charge in [0.05, 0.1) is 0 Å². The maximum Gasteiger partial charge on any atom is 0.431 e. The highest BCUT2D eigenvalue weighted by molar-refractivity contribution is 5.40. The van der Waals surface area contributed by atoms with Crippen LogP contribution in [0.25, 0.3) is 5.65 Å². The molecular weight excluding hydrogens is 181 g/mol. The third-order valence-corrected chi connectivity index (χ3v) is 1.72. The quantitative estimate of drug-likeness (QED) is 0.617. The molecule has 2 nitrogen and oxygen atoms in total. The van der Waals surface area contributed by atoms with Gasteiger partial charge in [-0.2, -0.15) is 13.2 Å². The number of imidazole rings is 1. The van der Waals surface area contributed by atoms with Crippen LogP contribution >= 0.6 is 0 Å². The van der Waals surface area contributed by atoms with Crippen LogP contribution < -0.4 is 0 Å². The fourth-order valence-electron chi connectivity index (χ4n) is 1.18. The van der Waals surface area contributed by atoms with Crippen LogP contribution in [0.4, 0.5) is 13.2 Å². The molecule has 0 aliphatic rings. The van der Waals surface area contributed by atoms with Crippen molar-refractivity contribution in [1.29, 1.82) is 0 Å². The molecule has 13 heavy (non-hydrogen) atoms. The summed E-state index contributed by atoms with van der Waals surface area (Å²) in [5, 5.41) is 0. The first-order chi connectivity index (χ1) is 6.09. The zero-order valence-electron chi connectivity index (χ0n) is 6.42. The van der Waals surface area contributed by atoms with Gasteiger partial charge in [-0.1, -0.05) is 6.07 Å². The highest BCUT2D eigenvalue weighted by Crippen LogP contribution is 2.29. The minimum atomic E-state index is -4.33. The fraction of sp³-hybridized carbons (Fsp3) is 0.125. The molecule has 0 aliphatic heterocycles. The summed E-state index contributed by atoms with van der Waals surface area (Å²) < 4.78 is 38.1. The number of hydrogen-bond donors (Lipinski definition) is 0. The van der Waals surface area contributed by atoms with Crippen molar-refractivity contribution in [2.45, 2.75) is 6.18 Å². The molecule has 2 rings (SSSR count). The Hall–Kier alpha value is -1.52. The van der Waals surface area contributed by atoms with Crippen molar-refractivity contribution in [1.82, 2.24) is 9.38 Å². The van der Waals surface area contributed by atoms with Crippen molar-refractivity contribution in [3.05, 3.63) is 36.3 Å². The van der Waals surface area contributed by atoms with E-state index in [1.54, 1.807) is 0 Å². The first-order valence-corrected chi connectivity index (χ1v) is 3.58. The average Bonchev–Trinajstić information content (AvgIpc) is 2.48. The van der Waals surface area contributed by atoms with Crippen LogP contribution in [0.15, 0.2) is 30.6 Å². The molecule has 2 aromatic rings. The van der Waals surface area contributed by atoms with Gasteiger partial charge < -0.3 is 0 Å². The van der Waals surface area contributed by atoms with E-state index in [0.717, 1.165) is 10.5 Å². The van der Waals surface area contributed by atoms with Crippen molar-refractivity contribution in [2.24, 2.45) is 0 Å². The molecule has 0 amide bonds. The zero-order valence-corrected chi connectivity index (χ0v) is 6.42. The number of alkyl halides is 3. The zero-order chi connectivity index (χ0) is 9.47. The standard InChI is InChI=1S/C8H5F3N2/c9-8(10,11)6-2-1-3-7-12-4-5-13(6)7/h1-5H. The molecule has 0 radical (unpaired) electrons. The Bertz CT molecular complexity index is 430. The molecule has 0 bridgehead atoms. The maximum atomic E-state index is 12.3. The van der Waals surface area contributed by atoms with Gasteiger partial charge >= 0.3 is 6.18 Å². The summed E-state index contributed by atoms with van der Waals surface area (Å²) in [5.74, 6) is 0. The van der Waals surface area contributed by atoms with E-state index in [4.69, 9.17) is 0 Å². The molecule has 0 fully saturated rings. The SMILES string of the molecule is FC(F)(F)c1cccc2nccn12. The van der Waals surface area contributed by atoms with Crippen LogP contribution in [-0.2, 0) is 6.18 Å². The van der Waals surface area contributed by atoms with E-state index in [1.807, 2.05) is 0 Å². The second-order valence-corrected chi connectivity index (χ2v) is 2.56. The van der Waals surface area contributed by atoms with Crippen LogP contribution in [0.3, 0.4) is 0 Å². The Balaban J connectivity index is 2.75. The van der Waals surface area contributed by atoms with Gasteiger partial charge in [-0.3, -0.25) is 4.40 Å². The van der Waals surface area contributed by atoms with Crippen molar-refractivity contribution >= 4 is 5.65 Å². The summed E-state index contributed by atoms with van der Waals surface area (Å²) in [7, 11) is 0. The van der Waals surface area contributed by atoms with E-state index in [-0.39, 0.29) is 0 Å². The van der Waals surface area contributed by atoms with Crippen molar-refractivity contribution in [3.8, 4) is 0 Å². The minimum absolute atomic E-state index is 0.301. The normalized spacial score (nSPS) is 12.2. The summed E-state index contributed by atoms with van der Waals surface area (Å²) in [5.41, 5.74) is -0.405. The smallest absolute Gasteiger partial charge is 0.296 e. The Kier molecular flexibility index (Phi) is 1.55. The van der Waals surface area contributed by atoms with Gasteiger partial charge in [-0.25, -0.2) is 4.98 Å². The molecule has 0 aliphatic carbocycles. The number of pyridine rings is 1. The van der Waals surface area contributed by atoms with E-state index < -0.39 is 11.9 Å². The van der Waals surface area contributed by atoms with Gasteiger partial charge in [0.15, 0.2) is 0 Å². The van der Waals surface area contributed by atoms with E-state index in [0.29, 0.717) is 5.65 Å². The third kappa shape index (κ3) is 1.26. The maximum absolute atomic E-state index is 12.3. The number of hydrogen-bond acceptors (Lipinski definition) is 1. The molecule has 2 aromatic heterocycles. The van der Waals surface area contributed by atoms with E-state index in [9.17, 15) is 13.2 Å². The Morgan fingerprint density at radius 3 is 2.69 bits per heavy atom. The average molecular weight is 186 g/mol. The number of nitrogens with zero attached hydrogens (tertiary/aromatic N) is 2. The first kappa shape index (κ1) is 8.10. The lowest BCUT2D eigenvalue weighted by molar-refractivity contribution is -0.142. The predicted molar refractivity (Wildman–Crippen MR) is 40.2 cm³/mol. The van der Waals surface area contributed by atoms with E-state index in [1.165, 1.54) is 24.5 Å². The Morgan fingerprint density at radius 2 is 2.00 bits per heavy atom.